The molecule has 1 aliphatic rings. The molecule has 0 saturated carbocycles. The molecule has 1 aliphatic heterocycles. The number of primary amides is 1. The van der Waals surface area contributed by atoms with Crippen molar-refractivity contribution in [3.8, 4) is 0 Å². The van der Waals surface area contributed by atoms with Gasteiger partial charge in [-0.3, -0.25) is 4.79 Å². The Kier molecular flexibility index (Phi) is 3.93. The fourth-order valence-corrected chi connectivity index (χ4v) is 1.24. The summed E-state index contributed by atoms with van der Waals surface area (Å²) in [5, 5.41) is 2.98. The second kappa shape index (κ2) is 4.99. The Labute approximate surface area is 89.2 Å². The molecule has 86 valence electrons. The number of nitrogens with zero attached hydrogens (tertiary/aromatic N) is 1. The predicted octanol–water partition coefficient (Wildman–Crippen LogP) is -1.46. The Morgan fingerprint density at radius 2 is 2.40 bits per heavy atom. The first-order valence-corrected chi connectivity index (χ1v) is 4.81. The standard InChI is InChI=1S/C9H18N4O2/c1-6(9(11)14)12-3-7-4-15-5-13(2)8(7)10/h6,12H,3-5,10H2,1-2H3,(H2,11,14)/t6-/m0/s1. The average molecular weight is 214 g/mol. The molecule has 6 nitrogen and oxygen atoms in total. The van der Waals surface area contributed by atoms with Crippen LogP contribution in [0.25, 0.3) is 0 Å². The zero-order valence-electron chi connectivity index (χ0n) is 9.12. The molecule has 15 heavy (non-hydrogen) atoms. The van der Waals surface area contributed by atoms with Gasteiger partial charge >= 0.3 is 0 Å². The fraction of sp³-hybridized carbons (Fsp3) is 0.667. The highest BCUT2D eigenvalue weighted by Crippen LogP contribution is 2.09. The van der Waals surface area contributed by atoms with Crippen molar-refractivity contribution in [2.24, 2.45) is 11.5 Å². The van der Waals surface area contributed by atoms with Crippen LogP contribution in [0.4, 0.5) is 0 Å². The molecule has 0 radical (unpaired) electrons. The van der Waals surface area contributed by atoms with Crippen LogP contribution in [0.15, 0.2) is 11.4 Å². The van der Waals surface area contributed by atoms with E-state index in [2.05, 4.69) is 5.32 Å². The van der Waals surface area contributed by atoms with Crippen LogP contribution in [-0.2, 0) is 9.53 Å². The summed E-state index contributed by atoms with van der Waals surface area (Å²) in [6.07, 6.45) is 0. The van der Waals surface area contributed by atoms with E-state index < -0.39 is 0 Å². The van der Waals surface area contributed by atoms with Crippen molar-refractivity contribution in [2.75, 3.05) is 26.9 Å². The van der Waals surface area contributed by atoms with Crippen LogP contribution < -0.4 is 16.8 Å². The molecule has 1 rings (SSSR count). The highest BCUT2D eigenvalue weighted by molar-refractivity contribution is 5.79. The zero-order chi connectivity index (χ0) is 11.4. The quantitative estimate of drug-likeness (QED) is 0.532. The van der Waals surface area contributed by atoms with Crippen LogP contribution in [0, 0.1) is 0 Å². The van der Waals surface area contributed by atoms with Gasteiger partial charge in [0.15, 0.2) is 0 Å². The van der Waals surface area contributed by atoms with Crippen LogP contribution in [0.5, 0.6) is 0 Å². The molecule has 0 aromatic carbocycles. The minimum Gasteiger partial charge on any atom is -0.385 e. The van der Waals surface area contributed by atoms with E-state index in [0.29, 0.717) is 25.7 Å². The maximum atomic E-state index is 10.8. The maximum absolute atomic E-state index is 10.8. The smallest absolute Gasteiger partial charge is 0.234 e. The summed E-state index contributed by atoms with van der Waals surface area (Å²) in [6.45, 7) is 3.22. The summed E-state index contributed by atoms with van der Waals surface area (Å²) in [6, 6.07) is -0.363. The van der Waals surface area contributed by atoms with Gasteiger partial charge in [-0.05, 0) is 6.92 Å². The van der Waals surface area contributed by atoms with Gasteiger partial charge in [0.1, 0.15) is 12.6 Å². The minimum atomic E-state index is -0.376. The molecule has 0 saturated heterocycles. The molecule has 0 aromatic rings. The molecule has 0 aliphatic carbocycles. The number of hydrogen-bond acceptors (Lipinski definition) is 5. The Morgan fingerprint density at radius 1 is 1.73 bits per heavy atom. The van der Waals surface area contributed by atoms with E-state index in [-0.39, 0.29) is 11.9 Å². The molecule has 1 heterocycles. The molecule has 1 amide bonds. The number of carbonyl (C=O) groups excluding carboxylic acids is 1. The van der Waals surface area contributed by atoms with Crippen LogP contribution in [-0.4, -0.2) is 43.8 Å². The number of nitrogens with two attached hydrogens (primary N) is 2. The van der Waals surface area contributed by atoms with Gasteiger partial charge in [-0.15, -0.1) is 0 Å². The topological polar surface area (TPSA) is 93.6 Å². The SMILES string of the molecule is C[C@H](NCC1=C(N)N(C)COC1)C(N)=O. The summed E-state index contributed by atoms with van der Waals surface area (Å²) in [5.41, 5.74) is 11.9. The highest BCUT2D eigenvalue weighted by Gasteiger charge is 2.16. The Morgan fingerprint density at radius 3 is 3.00 bits per heavy atom. The Balaban J connectivity index is 2.50. The number of rotatable bonds is 4. The maximum Gasteiger partial charge on any atom is 0.234 e. The third-order valence-corrected chi connectivity index (χ3v) is 2.38. The minimum absolute atomic E-state index is 0.363. The molecule has 6 heteroatoms. The molecular formula is C9H18N4O2. The highest BCUT2D eigenvalue weighted by atomic mass is 16.5. The lowest BCUT2D eigenvalue weighted by Gasteiger charge is -2.28. The normalized spacial score (nSPS) is 19.2. The second-order valence-corrected chi connectivity index (χ2v) is 3.67. The van der Waals surface area contributed by atoms with Gasteiger partial charge < -0.3 is 26.4 Å². The van der Waals surface area contributed by atoms with E-state index >= 15 is 0 Å². The van der Waals surface area contributed by atoms with E-state index in [1.807, 2.05) is 11.9 Å². The molecule has 0 fully saturated rings. The van der Waals surface area contributed by atoms with Crippen LogP contribution in [0.2, 0.25) is 0 Å². The molecule has 0 aromatic heterocycles. The number of nitrogens with one attached hydrogen (secondary N) is 1. The van der Waals surface area contributed by atoms with E-state index in [9.17, 15) is 4.79 Å². The summed E-state index contributed by atoms with van der Waals surface area (Å²) >= 11 is 0. The van der Waals surface area contributed by atoms with Crippen LogP contribution >= 0.6 is 0 Å². The monoisotopic (exact) mass is 214 g/mol. The van der Waals surface area contributed by atoms with Crippen LogP contribution in [0.1, 0.15) is 6.92 Å². The lowest BCUT2D eigenvalue weighted by molar-refractivity contribution is -0.119. The molecule has 0 spiro atoms. The van der Waals surface area contributed by atoms with Gasteiger partial charge in [-0.25, -0.2) is 0 Å². The Hall–Kier alpha value is -1.27. The Bertz CT molecular complexity index is 277. The van der Waals surface area contributed by atoms with Crippen molar-refractivity contribution in [2.45, 2.75) is 13.0 Å². The zero-order valence-corrected chi connectivity index (χ0v) is 9.12. The fourth-order valence-electron chi connectivity index (χ4n) is 1.24. The first-order chi connectivity index (χ1) is 7.02. The van der Waals surface area contributed by atoms with Crippen molar-refractivity contribution in [1.82, 2.24) is 10.2 Å². The van der Waals surface area contributed by atoms with E-state index in [1.54, 1.807) is 6.92 Å². The van der Waals surface area contributed by atoms with Crippen molar-refractivity contribution in [1.29, 1.82) is 0 Å². The van der Waals surface area contributed by atoms with Gasteiger partial charge in [-0.1, -0.05) is 0 Å². The van der Waals surface area contributed by atoms with Gasteiger partial charge in [0.2, 0.25) is 5.91 Å². The molecule has 5 N–H and O–H groups in total. The van der Waals surface area contributed by atoms with E-state index in [1.165, 1.54) is 0 Å². The van der Waals surface area contributed by atoms with Crippen molar-refractivity contribution < 1.29 is 9.53 Å². The van der Waals surface area contributed by atoms with E-state index in [0.717, 1.165) is 5.57 Å². The number of amides is 1. The van der Waals surface area contributed by atoms with Crippen LogP contribution in [0.3, 0.4) is 0 Å². The van der Waals surface area contributed by atoms with Crippen molar-refractivity contribution in [3.05, 3.63) is 11.4 Å². The summed E-state index contributed by atoms with van der Waals surface area (Å²) in [7, 11) is 1.85. The second-order valence-electron chi connectivity index (χ2n) is 3.67. The van der Waals surface area contributed by atoms with Gasteiger partial charge in [0, 0.05) is 19.2 Å². The number of hydrogen-bond donors (Lipinski definition) is 3. The molecule has 0 bridgehead atoms. The summed E-state index contributed by atoms with van der Waals surface area (Å²) < 4.78 is 5.29. The summed E-state index contributed by atoms with van der Waals surface area (Å²) in [5.74, 6) is 0.324. The van der Waals surface area contributed by atoms with Gasteiger partial charge in [0.25, 0.3) is 0 Å². The van der Waals surface area contributed by atoms with Gasteiger partial charge in [-0.2, -0.15) is 0 Å². The average Bonchev–Trinajstić information content (AvgIpc) is 2.19. The molecular weight excluding hydrogens is 196 g/mol. The molecule has 1 atom stereocenters. The van der Waals surface area contributed by atoms with Gasteiger partial charge in [0.05, 0.1) is 12.6 Å². The lowest BCUT2D eigenvalue weighted by Crippen LogP contribution is -2.42. The largest absolute Gasteiger partial charge is 0.385 e. The first kappa shape index (κ1) is 11.8. The summed E-state index contributed by atoms with van der Waals surface area (Å²) in [4.78, 5) is 12.6. The predicted molar refractivity (Wildman–Crippen MR) is 56.5 cm³/mol. The van der Waals surface area contributed by atoms with Crippen molar-refractivity contribution >= 4 is 5.91 Å². The van der Waals surface area contributed by atoms with E-state index in [4.69, 9.17) is 16.2 Å². The first-order valence-electron chi connectivity index (χ1n) is 4.81. The number of carbonyl (C=O) groups is 1. The third-order valence-electron chi connectivity index (χ3n) is 2.38. The molecule has 0 unspecified atom stereocenters. The lowest BCUT2D eigenvalue weighted by atomic mass is 10.2. The number of ether oxygens (including phenoxy) is 1. The van der Waals surface area contributed by atoms with Crippen molar-refractivity contribution in [3.63, 3.8) is 0 Å². The third kappa shape index (κ3) is 3.10.